The summed E-state index contributed by atoms with van der Waals surface area (Å²) in [6, 6.07) is 35.6. The maximum absolute atomic E-state index is 12.8. The number of hydrogen-bond acceptors (Lipinski definition) is 3. The fourth-order valence-electron chi connectivity index (χ4n) is 5.00. The summed E-state index contributed by atoms with van der Waals surface area (Å²) in [4.78, 5) is 24.8. The number of aromatic hydroxyl groups is 1. The van der Waals surface area contributed by atoms with E-state index in [2.05, 4.69) is 91.0 Å². The number of halogens is 1. The molecule has 0 aromatic heterocycles. The van der Waals surface area contributed by atoms with Crippen molar-refractivity contribution in [3.8, 4) is 5.75 Å². The standard InChI is InChI=1S/C32H31O3P.BrH/c1-3-30(34)31-25(21-22-29(24(2)33)32(31)35)14-13-23-36(26-15-7-4-8-16-26,27-17-9-5-10-18-27)28-19-11-6-12-20-28;/h4-12,15-22H,3,13-14,23H2,1-2H3;1H. The Morgan fingerprint density at radius 2 is 1.19 bits per heavy atom. The Labute approximate surface area is 230 Å². The summed E-state index contributed by atoms with van der Waals surface area (Å²) in [5.41, 5.74) is 1.31. The Hall–Kier alpha value is -3.07. The lowest BCUT2D eigenvalue weighted by atomic mass is 9.94. The molecule has 0 unspecified atom stereocenters. The first-order valence-corrected chi connectivity index (χ1v) is 14.4. The van der Waals surface area contributed by atoms with E-state index in [-0.39, 0.29) is 46.3 Å². The number of phenolic OH excluding ortho intramolecular Hbond substituents is 1. The first-order chi connectivity index (χ1) is 17.5. The highest BCUT2D eigenvalue weighted by Crippen LogP contribution is 2.56. The van der Waals surface area contributed by atoms with Crippen molar-refractivity contribution in [1.29, 1.82) is 0 Å². The molecule has 4 aromatic carbocycles. The van der Waals surface area contributed by atoms with E-state index in [9.17, 15) is 14.7 Å². The smallest absolute Gasteiger partial charge is 0.166 e. The van der Waals surface area contributed by atoms with Gasteiger partial charge in [0.15, 0.2) is 11.6 Å². The quantitative estimate of drug-likeness (QED) is 0.234. The Morgan fingerprint density at radius 3 is 1.59 bits per heavy atom. The minimum Gasteiger partial charge on any atom is -1.00 e. The molecule has 37 heavy (non-hydrogen) atoms. The number of hydrogen-bond donors (Lipinski definition) is 1. The van der Waals surface area contributed by atoms with Gasteiger partial charge in [0.2, 0.25) is 0 Å². The molecule has 4 rings (SSSR count). The zero-order chi connectivity index (χ0) is 25.5. The third kappa shape index (κ3) is 5.92. The average Bonchev–Trinajstić information content (AvgIpc) is 2.92. The second-order valence-corrected chi connectivity index (χ2v) is 12.6. The van der Waals surface area contributed by atoms with E-state index in [1.54, 1.807) is 13.0 Å². The molecular weight excluding hydrogens is 543 g/mol. The van der Waals surface area contributed by atoms with Crippen LogP contribution in [0.15, 0.2) is 103 Å². The third-order valence-electron chi connectivity index (χ3n) is 6.77. The molecule has 3 nitrogen and oxygen atoms in total. The average molecular weight is 575 g/mol. The van der Waals surface area contributed by atoms with Gasteiger partial charge in [0.1, 0.15) is 28.9 Å². The van der Waals surface area contributed by atoms with Crippen LogP contribution >= 0.6 is 7.26 Å². The zero-order valence-corrected chi connectivity index (χ0v) is 23.7. The Balaban J connectivity index is 0.00000380. The lowest BCUT2D eigenvalue weighted by Gasteiger charge is -2.28. The highest BCUT2D eigenvalue weighted by molar-refractivity contribution is 7.95. The molecule has 5 heteroatoms. The predicted molar refractivity (Wildman–Crippen MR) is 151 cm³/mol. The molecule has 0 aliphatic heterocycles. The lowest BCUT2D eigenvalue weighted by molar-refractivity contribution is -0.0000246. The summed E-state index contributed by atoms with van der Waals surface area (Å²) in [6.45, 7) is 3.19. The van der Waals surface area contributed by atoms with Crippen molar-refractivity contribution >= 4 is 34.7 Å². The van der Waals surface area contributed by atoms with E-state index in [1.807, 2.05) is 6.07 Å². The molecule has 190 valence electrons. The molecule has 0 fully saturated rings. The number of carbonyl (C=O) groups is 2. The second-order valence-electron chi connectivity index (χ2n) is 8.97. The van der Waals surface area contributed by atoms with E-state index in [0.717, 1.165) is 18.1 Å². The highest BCUT2D eigenvalue weighted by Gasteiger charge is 2.44. The van der Waals surface area contributed by atoms with Gasteiger partial charge < -0.3 is 22.1 Å². The van der Waals surface area contributed by atoms with E-state index < -0.39 is 7.26 Å². The minimum atomic E-state index is -1.97. The van der Waals surface area contributed by atoms with E-state index in [1.165, 1.54) is 22.8 Å². The van der Waals surface area contributed by atoms with Gasteiger partial charge in [-0.25, -0.2) is 0 Å². The van der Waals surface area contributed by atoms with Gasteiger partial charge in [0, 0.05) is 6.42 Å². The first-order valence-electron chi connectivity index (χ1n) is 12.4. The molecule has 0 atom stereocenters. The van der Waals surface area contributed by atoms with Crippen LogP contribution in [0.4, 0.5) is 0 Å². The van der Waals surface area contributed by atoms with Gasteiger partial charge in [-0.05, 0) is 67.8 Å². The van der Waals surface area contributed by atoms with Gasteiger partial charge >= 0.3 is 0 Å². The molecule has 0 amide bonds. The topological polar surface area (TPSA) is 54.4 Å². The molecule has 0 aliphatic carbocycles. The number of aryl methyl sites for hydroxylation is 1. The van der Waals surface area contributed by atoms with Crippen LogP contribution in [0.2, 0.25) is 0 Å². The zero-order valence-electron chi connectivity index (χ0n) is 21.2. The maximum atomic E-state index is 12.8. The van der Waals surface area contributed by atoms with Crippen molar-refractivity contribution in [2.24, 2.45) is 0 Å². The van der Waals surface area contributed by atoms with E-state index >= 15 is 0 Å². The van der Waals surface area contributed by atoms with Crippen molar-refractivity contribution in [3.63, 3.8) is 0 Å². The van der Waals surface area contributed by atoms with Crippen molar-refractivity contribution in [3.05, 3.63) is 120 Å². The lowest BCUT2D eigenvalue weighted by Crippen LogP contribution is -3.00. The van der Waals surface area contributed by atoms with E-state index in [0.29, 0.717) is 12.0 Å². The number of ketones is 2. The second kappa shape index (κ2) is 12.9. The molecule has 1 N–H and O–H groups in total. The summed E-state index contributed by atoms with van der Waals surface area (Å²) in [6.07, 6.45) is 2.66. The van der Waals surface area contributed by atoms with Crippen LogP contribution in [0.1, 0.15) is 53.0 Å². The fourth-order valence-corrected chi connectivity index (χ4v) is 9.35. The summed E-state index contributed by atoms with van der Waals surface area (Å²) in [5, 5.41) is 14.8. The van der Waals surface area contributed by atoms with Gasteiger partial charge in [-0.15, -0.1) is 0 Å². The summed E-state index contributed by atoms with van der Waals surface area (Å²) >= 11 is 0. The number of phenols is 1. The molecular formula is C32H32BrO3P. The Morgan fingerprint density at radius 1 is 0.730 bits per heavy atom. The minimum absolute atomic E-state index is 0. The molecule has 0 bridgehead atoms. The summed E-state index contributed by atoms with van der Waals surface area (Å²) in [5.74, 6) is -0.561. The Bertz CT molecular complexity index is 1240. The first kappa shape index (κ1) is 28.5. The van der Waals surface area contributed by atoms with Crippen LogP contribution in [0.3, 0.4) is 0 Å². The van der Waals surface area contributed by atoms with Gasteiger partial charge in [-0.1, -0.05) is 67.6 Å². The molecule has 0 aliphatic rings. The van der Waals surface area contributed by atoms with Crippen LogP contribution in [-0.4, -0.2) is 22.8 Å². The highest BCUT2D eigenvalue weighted by atomic mass is 79.9. The SMILES string of the molecule is CCC(=O)c1c(CCC[P+](c2ccccc2)(c2ccccc2)c2ccccc2)ccc(C(C)=O)c1O.[Br-]. The third-order valence-corrected chi connectivity index (χ3v) is 11.3. The monoisotopic (exact) mass is 574 g/mol. The fraction of sp³-hybridized carbons (Fsp3) is 0.188. The van der Waals surface area contributed by atoms with Gasteiger partial charge in [-0.2, -0.15) is 0 Å². The van der Waals surface area contributed by atoms with Crippen LogP contribution in [0.5, 0.6) is 5.75 Å². The molecule has 0 radical (unpaired) electrons. The molecule has 4 aromatic rings. The number of Topliss-reactive ketones (excluding diaryl/α,β-unsaturated/α-hetero) is 2. The summed E-state index contributed by atoms with van der Waals surface area (Å²) in [7, 11) is -1.97. The molecule has 0 saturated carbocycles. The number of carbonyl (C=O) groups excluding carboxylic acids is 2. The molecule has 0 heterocycles. The van der Waals surface area contributed by atoms with Crippen molar-refractivity contribution < 1.29 is 31.7 Å². The van der Waals surface area contributed by atoms with Gasteiger partial charge in [-0.3, -0.25) is 9.59 Å². The predicted octanol–water partition coefficient (Wildman–Crippen LogP) is 3.12. The van der Waals surface area contributed by atoms with Crippen molar-refractivity contribution in [2.75, 3.05) is 6.16 Å². The largest absolute Gasteiger partial charge is 1.00 e. The normalized spacial score (nSPS) is 11.0. The number of rotatable bonds is 10. The number of benzene rings is 4. The molecule has 0 saturated heterocycles. The van der Waals surface area contributed by atoms with Crippen molar-refractivity contribution in [2.45, 2.75) is 33.1 Å². The van der Waals surface area contributed by atoms with Crippen molar-refractivity contribution in [1.82, 2.24) is 0 Å². The van der Waals surface area contributed by atoms with Crippen LogP contribution < -0.4 is 32.9 Å². The van der Waals surface area contributed by atoms with Gasteiger partial charge in [0.05, 0.1) is 17.3 Å². The summed E-state index contributed by atoms with van der Waals surface area (Å²) < 4.78 is 0. The maximum Gasteiger partial charge on any atom is 0.166 e. The van der Waals surface area contributed by atoms with E-state index in [4.69, 9.17) is 0 Å². The van der Waals surface area contributed by atoms with Crippen LogP contribution in [-0.2, 0) is 6.42 Å². The van der Waals surface area contributed by atoms with Gasteiger partial charge in [0.25, 0.3) is 0 Å². The molecule has 0 spiro atoms. The van der Waals surface area contributed by atoms with Crippen LogP contribution in [0, 0.1) is 0 Å². The van der Waals surface area contributed by atoms with Crippen LogP contribution in [0.25, 0.3) is 0 Å². The Kier molecular flexibility index (Phi) is 9.97.